The maximum atomic E-state index is 15.0. The highest BCUT2D eigenvalue weighted by molar-refractivity contribution is 7.92. The minimum Gasteiger partial charge on any atom is -0.317 e. The highest BCUT2D eigenvalue weighted by atomic mass is 32.2. The van der Waals surface area contributed by atoms with Crippen LogP contribution in [0.3, 0.4) is 0 Å². The van der Waals surface area contributed by atoms with E-state index in [-0.39, 0.29) is 31.4 Å². The van der Waals surface area contributed by atoms with E-state index in [1.807, 2.05) is 0 Å². The van der Waals surface area contributed by atoms with E-state index >= 15 is 4.39 Å². The Labute approximate surface area is 130 Å². The molecule has 0 aromatic heterocycles. The first-order valence-electron chi connectivity index (χ1n) is 6.98. The van der Waals surface area contributed by atoms with Crippen molar-refractivity contribution in [1.29, 1.82) is 0 Å². The Kier molecular flexibility index (Phi) is 4.74. The maximum absolute atomic E-state index is 15.0. The molecule has 0 spiro atoms. The van der Waals surface area contributed by atoms with Crippen LogP contribution in [0.15, 0.2) is 23.1 Å². The molecule has 2 rings (SSSR count). The zero-order valence-corrected chi connectivity index (χ0v) is 13.1. The van der Waals surface area contributed by atoms with Crippen LogP contribution in [0.1, 0.15) is 31.2 Å². The summed E-state index contributed by atoms with van der Waals surface area (Å²) in [4.78, 5) is -0.982. The lowest BCUT2D eigenvalue weighted by molar-refractivity contribution is -0.137. The van der Waals surface area contributed by atoms with E-state index in [2.05, 4.69) is 5.32 Å². The molecule has 1 aliphatic rings. The molecule has 1 aliphatic carbocycles. The Morgan fingerprint density at radius 3 is 2.48 bits per heavy atom. The topological polar surface area (TPSA) is 46.2 Å². The van der Waals surface area contributed by atoms with Crippen molar-refractivity contribution in [2.75, 3.05) is 7.05 Å². The highest BCUT2D eigenvalue weighted by Gasteiger charge is 2.49. The molecule has 9 heteroatoms. The van der Waals surface area contributed by atoms with E-state index in [0.717, 1.165) is 0 Å². The van der Waals surface area contributed by atoms with Crippen molar-refractivity contribution in [2.45, 2.75) is 47.8 Å². The number of hydrogen-bond acceptors (Lipinski definition) is 3. The van der Waals surface area contributed by atoms with Gasteiger partial charge >= 0.3 is 6.18 Å². The lowest BCUT2D eigenvalue weighted by Gasteiger charge is -2.34. The van der Waals surface area contributed by atoms with Crippen LogP contribution in [0, 0.1) is 5.82 Å². The van der Waals surface area contributed by atoms with Gasteiger partial charge in [-0.15, -0.1) is 0 Å². The number of halogens is 5. The van der Waals surface area contributed by atoms with Gasteiger partial charge in [-0.2, -0.15) is 13.2 Å². The first-order valence-corrected chi connectivity index (χ1v) is 8.46. The number of alkyl halides is 4. The van der Waals surface area contributed by atoms with Crippen molar-refractivity contribution >= 4 is 9.84 Å². The van der Waals surface area contributed by atoms with Crippen LogP contribution >= 0.6 is 0 Å². The van der Waals surface area contributed by atoms with Crippen molar-refractivity contribution in [3.05, 3.63) is 29.6 Å². The molecule has 1 fully saturated rings. The minimum atomic E-state index is -4.92. The lowest BCUT2D eigenvalue weighted by Crippen LogP contribution is -2.44. The van der Waals surface area contributed by atoms with Gasteiger partial charge in [-0.3, -0.25) is 0 Å². The summed E-state index contributed by atoms with van der Waals surface area (Å²) in [6.45, 7) is 0. The van der Waals surface area contributed by atoms with Gasteiger partial charge in [-0.25, -0.2) is 17.2 Å². The summed E-state index contributed by atoms with van der Waals surface area (Å²) in [5, 5.41) is 0.0584. The Morgan fingerprint density at radius 1 is 1.26 bits per heavy atom. The predicted octanol–water partition coefficient (Wildman–Crippen LogP) is 3.45. The Balaban J connectivity index is 2.49. The van der Waals surface area contributed by atoms with Crippen LogP contribution < -0.4 is 5.32 Å². The fourth-order valence-corrected chi connectivity index (χ4v) is 4.57. The molecule has 0 bridgehead atoms. The van der Waals surface area contributed by atoms with Gasteiger partial charge in [0.15, 0.2) is 0 Å². The van der Waals surface area contributed by atoms with Crippen LogP contribution in [0.5, 0.6) is 0 Å². The number of rotatable bonds is 3. The molecule has 23 heavy (non-hydrogen) atoms. The molecule has 0 aliphatic heterocycles. The van der Waals surface area contributed by atoms with Gasteiger partial charge < -0.3 is 5.32 Å². The molecule has 0 amide bonds. The van der Waals surface area contributed by atoms with Crippen LogP contribution in [-0.4, -0.2) is 26.5 Å². The summed E-state index contributed by atoms with van der Waals surface area (Å²) in [6.07, 6.45) is -4.80. The summed E-state index contributed by atoms with van der Waals surface area (Å²) in [5.41, 5.74) is -1.46. The molecule has 1 saturated carbocycles. The summed E-state index contributed by atoms with van der Waals surface area (Å²) >= 11 is 0. The van der Waals surface area contributed by atoms with Crippen LogP contribution in [-0.2, 0) is 16.0 Å². The number of nitrogens with one attached hydrogen (secondary N) is 1. The van der Waals surface area contributed by atoms with Gasteiger partial charge in [0.05, 0.1) is 10.5 Å². The largest absolute Gasteiger partial charge is 0.416 e. The third kappa shape index (κ3) is 3.50. The minimum absolute atomic E-state index is 0.182. The molecule has 1 aromatic carbocycles. The number of benzene rings is 1. The van der Waals surface area contributed by atoms with Gasteiger partial charge in [0.25, 0.3) is 0 Å². The van der Waals surface area contributed by atoms with Crippen LogP contribution in [0.4, 0.5) is 22.0 Å². The van der Waals surface area contributed by atoms with Crippen molar-refractivity contribution < 1.29 is 30.4 Å². The molecule has 0 radical (unpaired) electrons. The summed E-state index contributed by atoms with van der Waals surface area (Å²) in [6, 6.07) is 0.484. The fourth-order valence-electron chi connectivity index (χ4n) is 2.77. The predicted molar refractivity (Wildman–Crippen MR) is 73.7 cm³/mol. The van der Waals surface area contributed by atoms with E-state index in [1.165, 1.54) is 0 Å². The SMILES string of the molecule is CNC1CCCC(F)(S(=O)(=O)c2cc(F)cc(C(F)(F)F)c2)C1. The Morgan fingerprint density at radius 2 is 1.91 bits per heavy atom. The summed E-state index contributed by atoms with van der Waals surface area (Å²) < 4.78 is 91.5. The first kappa shape index (κ1) is 18.1. The molecular formula is C14H16F5NO2S. The molecule has 0 heterocycles. The Bertz CT molecular complexity index is 689. The molecule has 1 N–H and O–H groups in total. The van der Waals surface area contributed by atoms with E-state index in [4.69, 9.17) is 0 Å². The van der Waals surface area contributed by atoms with Gasteiger partial charge in [0.1, 0.15) is 5.82 Å². The van der Waals surface area contributed by atoms with Gasteiger partial charge in [-0.1, -0.05) is 0 Å². The second kappa shape index (κ2) is 6.01. The van der Waals surface area contributed by atoms with E-state index in [1.54, 1.807) is 7.05 Å². The number of sulfone groups is 1. The Hall–Kier alpha value is -1.22. The normalized spacial score (nSPS) is 26.3. The standard InChI is InChI=1S/C14H16F5NO2S/c1-20-11-3-2-4-13(16,8-11)23(21,22)12-6-9(14(17,18)19)5-10(15)7-12/h5-7,11,20H,2-4,8H2,1H3. The van der Waals surface area contributed by atoms with Crippen molar-refractivity contribution in [2.24, 2.45) is 0 Å². The van der Waals surface area contributed by atoms with Gasteiger partial charge in [-0.05, 0) is 44.5 Å². The van der Waals surface area contributed by atoms with Gasteiger partial charge in [0.2, 0.25) is 14.8 Å². The molecule has 130 valence electrons. The average Bonchev–Trinajstić information content (AvgIpc) is 2.45. The molecule has 1 aromatic rings. The molecule has 2 unspecified atom stereocenters. The van der Waals surface area contributed by atoms with Crippen molar-refractivity contribution in [1.82, 2.24) is 5.32 Å². The molecule has 0 saturated heterocycles. The number of hydrogen-bond donors (Lipinski definition) is 1. The lowest BCUT2D eigenvalue weighted by atomic mass is 9.93. The molecular weight excluding hydrogens is 341 g/mol. The van der Waals surface area contributed by atoms with Gasteiger partial charge in [0, 0.05) is 12.5 Å². The quantitative estimate of drug-likeness (QED) is 0.843. The average molecular weight is 357 g/mol. The smallest absolute Gasteiger partial charge is 0.317 e. The summed E-state index contributed by atoms with van der Waals surface area (Å²) in [5.74, 6) is -1.37. The third-order valence-corrected chi connectivity index (χ3v) is 6.24. The van der Waals surface area contributed by atoms with Crippen LogP contribution in [0.2, 0.25) is 0 Å². The maximum Gasteiger partial charge on any atom is 0.416 e. The molecule has 3 nitrogen and oxygen atoms in total. The van der Waals surface area contributed by atoms with E-state index < -0.39 is 43.3 Å². The third-order valence-electron chi connectivity index (χ3n) is 4.05. The van der Waals surface area contributed by atoms with Crippen LogP contribution in [0.25, 0.3) is 0 Å². The monoisotopic (exact) mass is 357 g/mol. The fraction of sp³-hybridized carbons (Fsp3) is 0.571. The first-order chi connectivity index (χ1) is 10.5. The molecule has 2 atom stereocenters. The highest BCUT2D eigenvalue weighted by Crippen LogP contribution is 2.41. The zero-order chi connectivity index (χ0) is 17.5. The van der Waals surface area contributed by atoms with E-state index in [9.17, 15) is 26.0 Å². The zero-order valence-electron chi connectivity index (χ0n) is 12.3. The van der Waals surface area contributed by atoms with E-state index in [0.29, 0.717) is 12.5 Å². The second-order valence-electron chi connectivity index (χ2n) is 5.64. The van der Waals surface area contributed by atoms with Crippen molar-refractivity contribution in [3.8, 4) is 0 Å². The second-order valence-corrected chi connectivity index (χ2v) is 7.85. The summed E-state index contributed by atoms with van der Waals surface area (Å²) in [7, 11) is -3.21. The van der Waals surface area contributed by atoms with Crippen molar-refractivity contribution in [3.63, 3.8) is 0 Å².